The molecule has 0 saturated heterocycles. The lowest BCUT2D eigenvalue weighted by Gasteiger charge is -2.21. The minimum Gasteiger partial charge on any atom is -0.486 e. The standard InChI is InChI=1S/C19H21N3O5S/c1-14(15-8-9-17-18(12-15)27-11-10-26-17)20-21-19(23)13-22(28(2,24)25)16-6-4-3-5-7-16/h3-9,12H,10-11,13H2,1-2H3,(H,21,23)/b20-14-. The Hall–Kier alpha value is -3.07. The summed E-state index contributed by atoms with van der Waals surface area (Å²) in [6, 6.07) is 13.8. The molecule has 2 aromatic rings. The average Bonchev–Trinajstić information content (AvgIpc) is 2.69. The van der Waals surface area contributed by atoms with Crippen molar-refractivity contribution in [3.8, 4) is 11.5 Å². The highest BCUT2D eigenvalue weighted by Crippen LogP contribution is 2.30. The zero-order chi connectivity index (χ0) is 20.1. The number of sulfonamides is 1. The molecule has 0 radical (unpaired) electrons. The van der Waals surface area contributed by atoms with Crippen LogP contribution in [0.4, 0.5) is 5.69 Å². The number of hydrogen-bond donors (Lipinski definition) is 1. The Bertz CT molecular complexity index is 990. The predicted molar refractivity (Wildman–Crippen MR) is 106 cm³/mol. The second-order valence-corrected chi connectivity index (χ2v) is 8.10. The van der Waals surface area contributed by atoms with Crippen LogP contribution >= 0.6 is 0 Å². The number of hydrazone groups is 1. The van der Waals surface area contributed by atoms with E-state index in [0.717, 1.165) is 16.1 Å². The van der Waals surface area contributed by atoms with E-state index >= 15 is 0 Å². The first-order valence-electron chi connectivity index (χ1n) is 8.60. The van der Waals surface area contributed by atoms with E-state index in [1.165, 1.54) is 0 Å². The maximum Gasteiger partial charge on any atom is 0.260 e. The molecule has 1 amide bonds. The molecule has 0 spiro atoms. The second-order valence-electron chi connectivity index (χ2n) is 6.20. The third kappa shape index (κ3) is 4.80. The Labute approximate surface area is 163 Å². The van der Waals surface area contributed by atoms with Gasteiger partial charge in [-0.3, -0.25) is 9.10 Å². The molecule has 8 nitrogen and oxygen atoms in total. The van der Waals surface area contributed by atoms with Gasteiger partial charge in [-0.05, 0) is 37.3 Å². The largest absolute Gasteiger partial charge is 0.486 e. The summed E-state index contributed by atoms with van der Waals surface area (Å²) in [5.74, 6) is 0.738. The van der Waals surface area contributed by atoms with E-state index in [1.54, 1.807) is 49.4 Å². The number of carbonyl (C=O) groups is 1. The molecule has 2 aromatic carbocycles. The highest BCUT2D eigenvalue weighted by Gasteiger charge is 2.20. The highest BCUT2D eigenvalue weighted by atomic mass is 32.2. The van der Waals surface area contributed by atoms with E-state index in [-0.39, 0.29) is 6.54 Å². The van der Waals surface area contributed by atoms with Crippen LogP contribution in [-0.2, 0) is 14.8 Å². The van der Waals surface area contributed by atoms with Gasteiger partial charge in [0.2, 0.25) is 10.0 Å². The van der Waals surface area contributed by atoms with Crippen LogP contribution in [0.25, 0.3) is 0 Å². The lowest BCUT2D eigenvalue weighted by atomic mass is 10.1. The van der Waals surface area contributed by atoms with Crippen LogP contribution in [0.1, 0.15) is 12.5 Å². The van der Waals surface area contributed by atoms with E-state index in [9.17, 15) is 13.2 Å². The molecule has 9 heteroatoms. The molecule has 148 valence electrons. The number of para-hydroxylation sites is 1. The Morgan fingerprint density at radius 2 is 1.79 bits per heavy atom. The minimum atomic E-state index is -3.62. The van der Waals surface area contributed by atoms with Crippen molar-refractivity contribution in [1.29, 1.82) is 0 Å². The normalized spacial score (nSPS) is 13.7. The molecule has 0 unspecified atom stereocenters. The lowest BCUT2D eigenvalue weighted by molar-refractivity contribution is -0.119. The number of benzene rings is 2. The number of amides is 1. The smallest absolute Gasteiger partial charge is 0.260 e. The van der Waals surface area contributed by atoms with Crippen LogP contribution < -0.4 is 19.2 Å². The van der Waals surface area contributed by atoms with E-state index in [4.69, 9.17) is 9.47 Å². The van der Waals surface area contributed by atoms with E-state index in [0.29, 0.717) is 36.1 Å². The SMILES string of the molecule is C/C(=N/NC(=O)CN(c1ccccc1)S(C)(=O)=O)c1ccc2c(c1)OCCO2. The summed E-state index contributed by atoms with van der Waals surface area (Å²) in [6.07, 6.45) is 1.05. The molecule has 1 aliphatic heterocycles. The average molecular weight is 403 g/mol. The third-order valence-electron chi connectivity index (χ3n) is 4.04. The zero-order valence-corrected chi connectivity index (χ0v) is 16.4. The molecule has 0 fully saturated rings. The first-order chi connectivity index (χ1) is 13.3. The van der Waals surface area contributed by atoms with Gasteiger partial charge >= 0.3 is 0 Å². The van der Waals surface area contributed by atoms with Crippen LogP contribution in [0.3, 0.4) is 0 Å². The zero-order valence-electron chi connectivity index (χ0n) is 15.6. The molecule has 0 aliphatic carbocycles. The van der Waals surface area contributed by atoms with Gasteiger partial charge in [0.25, 0.3) is 5.91 Å². The summed E-state index contributed by atoms with van der Waals surface area (Å²) in [7, 11) is -3.62. The van der Waals surface area contributed by atoms with Crippen LogP contribution in [0.15, 0.2) is 53.6 Å². The van der Waals surface area contributed by atoms with Gasteiger partial charge in [0.15, 0.2) is 11.5 Å². The molecule has 28 heavy (non-hydrogen) atoms. The Balaban J connectivity index is 1.70. The van der Waals surface area contributed by atoms with Crippen molar-refractivity contribution in [3.05, 3.63) is 54.1 Å². The first-order valence-corrected chi connectivity index (χ1v) is 10.5. The molecule has 0 atom stereocenters. The van der Waals surface area contributed by atoms with Gasteiger partial charge in [-0.25, -0.2) is 13.8 Å². The van der Waals surface area contributed by atoms with Crippen LogP contribution in [0, 0.1) is 0 Å². The molecule has 0 saturated carbocycles. The number of carbonyl (C=O) groups excluding carboxylic acids is 1. The summed E-state index contributed by atoms with van der Waals surface area (Å²) < 4.78 is 36.1. The molecule has 1 heterocycles. The second kappa shape index (κ2) is 8.30. The fourth-order valence-corrected chi connectivity index (χ4v) is 3.50. The number of anilines is 1. The Morgan fingerprint density at radius 3 is 2.46 bits per heavy atom. The van der Waals surface area contributed by atoms with E-state index in [2.05, 4.69) is 10.5 Å². The topological polar surface area (TPSA) is 97.3 Å². The van der Waals surface area contributed by atoms with Crippen LogP contribution in [0.2, 0.25) is 0 Å². The van der Waals surface area contributed by atoms with Gasteiger partial charge in [-0.15, -0.1) is 0 Å². The maximum absolute atomic E-state index is 12.3. The van der Waals surface area contributed by atoms with Crippen molar-refractivity contribution < 1.29 is 22.7 Å². The molecule has 0 bridgehead atoms. The Kier molecular flexibility index (Phi) is 5.84. The van der Waals surface area contributed by atoms with Gasteiger partial charge in [-0.1, -0.05) is 18.2 Å². The maximum atomic E-state index is 12.3. The highest BCUT2D eigenvalue weighted by molar-refractivity contribution is 7.92. The number of ether oxygens (including phenoxy) is 2. The lowest BCUT2D eigenvalue weighted by Crippen LogP contribution is -2.39. The molecule has 1 aliphatic rings. The molecular formula is C19H21N3O5S. The molecule has 1 N–H and O–H groups in total. The third-order valence-corrected chi connectivity index (χ3v) is 5.18. The quantitative estimate of drug-likeness (QED) is 0.586. The Morgan fingerprint density at radius 1 is 1.11 bits per heavy atom. The number of nitrogens with one attached hydrogen (secondary N) is 1. The van der Waals surface area contributed by atoms with Crippen molar-refractivity contribution >= 4 is 27.3 Å². The predicted octanol–water partition coefficient (Wildman–Crippen LogP) is 1.76. The molecule has 0 aromatic heterocycles. The van der Waals surface area contributed by atoms with Crippen LogP contribution in [0.5, 0.6) is 11.5 Å². The van der Waals surface area contributed by atoms with Crippen LogP contribution in [-0.4, -0.2) is 46.1 Å². The van der Waals surface area contributed by atoms with Crippen molar-refractivity contribution in [2.24, 2.45) is 5.10 Å². The molecule has 3 rings (SSSR count). The van der Waals surface area contributed by atoms with Crippen molar-refractivity contribution in [3.63, 3.8) is 0 Å². The fourth-order valence-electron chi connectivity index (χ4n) is 2.64. The number of nitrogens with zero attached hydrogens (tertiary/aromatic N) is 2. The molecular weight excluding hydrogens is 382 g/mol. The summed E-state index contributed by atoms with van der Waals surface area (Å²) >= 11 is 0. The first kappa shape index (κ1) is 19.7. The number of rotatable bonds is 6. The van der Waals surface area contributed by atoms with Gasteiger partial charge in [0, 0.05) is 5.56 Å². The summed E-state index contributed by atoms with van der Waals surface area (Å²) in [6.45, 7) is 2.34. The summed E-state index contributed by atoms with van der Waals surface area (Å²) in [5, 5.41) is 4.07. The van der Waals surface area contributed by atoms with Gasteiger partial charge in [0.05, 0.1) is 17.7 Å². The van der Waals surface area contributed by atoms with E-state index < -0.39 is 15.9 Å². The van der Waals surface area contributed by atoms with Gasteiger partial charge < -0.3 is 9.47 Å². The summed E-state index contributed by atoms with van der Waals surface area (Å²) in [4.78, 5) is 12.3. The van der Waals surface area contributed by atoms with Gasteiger partial charge in [-0.2, -0.15) is 5.10 Å². The van der Waals surface area contributed by atoms with Crippen molar-refractivity contribution in [2.75, 3.05) is 30.3 Å². The summed E-state index contributed by atoms with van der Waals surface area (Å²) in [5.41, 5.74) is 4.12. The number of fused-ring (bicyclic) bond motifs is 1. The minimum absolute atomic E-state index is 0.374. The van der Waals surface area contributed by atoms with Crippen molar-refractivity contribution in [1.82, 2.24) is 5.43 Å². The number of hydrogen-bond acceptors (Lipinski definition) is 6. The van der Waals surface area contributed by atoms with E-state index in [1.807, 2.05) is 6.07 Å². The fraction of sp³-hybridized carbons (Fsp3) is 0.263. The monoisotopic (exact) mass is 403 g/mol. The van der Waals surface area contributed by atoms with Crippen molar-refractivity contribution in [2.45, 2.75) is 6.92 Å². The van der Waals surface area contributed by atoms with Gasteiger partial charge in [0.1, 0.15) is 19.8 Å².